The summed E-state index contributed by atoms with van der Waals surface area (Å²) in [6.45, 7) is 6.74. The zero-order valence-corrected chi connectivity index (χ0v) is 29.0. The highest BCUT2D eigenvalue weighted by Gasteiger charge is 2.55. The van der Waals surface area contributed by atoms with Crippen LogP contribution in [0.3, 0.4) is 0 Å². The Kier molecular flexibility index (Phi) is 17.8. The molecule has 0 aromatic heterocycles. The standard InChI is InChI=1S/C30H42O20/c1-13(31)40-10-22(43-16(4)34)25(45-18(6)36)26(23(44-17(5)35)11-41-14(2)32)50-30-29(48-21(9)39)28(47-20(8)38)27(46-19(7)37)24(49-30)12-42-15(3)33/h22-30H,10-12H2,1-9H3/t22-,23-,24-,25-,26+,27+,28+,29+,30+/m1/s1. The van der Waals surface area contributed by atoms with Crippen LogP contribution >= 0.6 is 0 Å². The van der Waals surface area contributed by atoms with Crippen LogP contribution in [0.25, 0.3) is 0 Å². The second-order valence-corrected chi connectivity index (χ2v) is 10.6. The Labute approximate surface area is 286 Å². The molecule has 0 N–H and O–H groups in total. The van der Waals surface area contributed by atoms with Crippen molar-refractivity contribution in [3.63, 3.8) is 0 Å². The van der Waals surface area contributed by atoms with Crippen molar-refractivity contribution >= 4 is 53.7 Å². The molecule has 1 aliphatic rings. The maximum Gasteiger partial charge on any atom is 0.303 e. The highest BCUT2D eigenvalue weighted by molar-refractivity contribution is 5.70. The van der Waals surface area contributed by atoms with E-state index < -0.39 is 129 Å². The Bertz CT molecular complexity index is 1260. The Balaban J connectivity index is 4.07. The summed E-state index contributed by atoms with van der Waals surface area (Å²) < 4.78 is 59.5. The lowest BCUT2D eigenvalue weighted by Gasteiger charge is -2.46. The summed E-state index contributed by atoms with van der Waals surface area (Å²) in [6.07, 6.45) is -15.9. The van der Waals surface area contributed by atoms with Gasteiger partial charge in [-0.15, -0.1) is 0 Å². The van der Waals surface area contributed by atoms with Crippen LogP contribution in [-0.4, -0.2) is 129 Å². The minimum absolute atomic E-state index is 0.654. The minimum Gasteiger partial charge on any atom is -0.463 e. The van der Waals surface area contributed by atoms with Crippen molar-refractivity contribution < 1.29 is 95.3 Å². The van der Waals surface area contributed by atoms with Crippen molar-refractivity contribution in [1.82, 2.24) is 0 Å². The zero-order valence-electron chi connectivity index (χ0n) is 29.0. The first kappa shape index (κ1) is 43.2. The van der Waals surface area contributed by atoms with E-state index in [0.29, 0.717) is 0 Å². The summed E-state index contributed by atoms with van der Waals surface area (Å²) in [6, 6.07) is 0. The molecular weight excluding hydrogens is 680 g/mol. The molecule has 1 fully saturated rings. The first-order valence-corrected chi connectivity index (χ1v) is 15.0. The predicted molar refractivity (Wildman–Crippen MR) is 157 cm³/mol. The van der Waals surface area contributed by atoms with E-state index in [4.69, 9.17) is 52.1 Å². The van der Waals surface area contributed by atoms with E-state index in [1.165, 1.54) is 0 Å². The van der Waals surface area contributed by atoms with Gasteiger partial charge in [0.05, 0.1) is 0 Å². The maximum atomic E-state index is 12.4. The number of esters is 9. The molecule has 0 spiro atoms. The van der Waals surface area contributed by atoms with Crippen molar-refractivity contribution in [2.24, 2.45) is 0 Å². The predicted octanol–water partition coefficient (Wildman–Crippen LogP) is -0.624. The molecule has 9 atom stereocenters. The van der Waals surface area contributed by atoms with Gasteiger partial charge < -0.3 is 52.1 Å². The van der Waals surface area contributed by atoms with Gasteiger partial charge in [0.2, 0.25) is 0 Å². The zero-order chi connectivity index (χ0) is 38.3. The van der Waals surface area contributed by atoms with E-state index in [2.05, 4.69) is 0 Å². The van der Waals surface area contributed by atoms with Crippen LogP contribution in [0, 0.1) is 0 Å². The molecule has 282 valence electrons. The highest BCUT2D eigenvalue weighted by atomic mass is 16.8. The lowest BCUT2D eigenvalue weighted by Crippen LogP contribution is -2.65. The summed E-state index contributed by atoms with van der Waals surface area (Å²) in [5.74, 6) is -8.38. The van der Waals surface area contributed by atoms with Crippen LogP contribution in [-0.2, 0) is 95.3 Å². The first-order chi connectivity index (χ1) is 23.2. The molecule has 20 heteroatoms. The number of rotatable bonds is 17. The minimum atomic E-state index is -1.97. The molecule has 1 heterocycles. The third-order valence-electron chi connectivity index (χ3n) is 6.13. The summed E-state index contributed by atoms with van der Waals surface area (Å²) in [5, 5.41) is 0. The fourth-order valence-electron chi connectivity index (χ4n) is 4.59. The highest BCUT2D eigenvalue weighted by Crippen LogP contribution is 2.33. The van der Waals surface area contributed by atoms with Gasteiger partial charge in [-0.25, -0.2) is 0 Å². The molecule has 20 nitrogen and oxygen atoms in total. The quantitative estimate of drug-likeness (QED) is 0.134. The van der Waals surface area contributed by atoms with Crippen LogP contribution in [0.15, 0.2) is 0 Å². The lowest BCUT2D eigenvalue weighted by atomic mass is 9.97. The fraction of sp³-hybridized carbons (Fsp3) is 0.700. The monoisotopic (exact) mass is 722 g/mol. The van der Waals surface area contributed by atoms with Gasteiger partial charge in [-0.3, -0.25) is 43.2 Å². The van der Waals surface area contributed by atoms with Gasteiger partial charge in [-0.05, 0) is 0 Å². The smallest absolute Gasteiger partial charge is 0.303 e. The summed E-state index contributed by atoms with van der Waals surface area (Å²) >= 11 is 0. The molecule has 1 rings (SSSR count). The molecule has 0 amide bonds. The number of hydrogen-bond donors (Lipinski definition) is 0. The molecule has 0 saturated carbocycles. The summed E-state index contributed by atoms with van der Waals surface area (Å²) in [7, 11) is 0. The molecule has 1 aliphatic heterocycles. The van der Waals surface area contributed by atoms with Gasteiger partial charge in [-0.2, -0.15) is 0 Å². The van der Waals surface area contributed by atoms with E-state index in [-0.39, 0.29) is 0 Å². The van der Waals surface area contributed by atoms with Crippen LogP contribution in [0.4, 0.5) is 0 Å². The molecular formula is C30H42O20. The van der Waals surface area contributed by atoms with Crippen molar-refractivity contribution in [2.75, 3.05) is 19.8 Å². The van der Waals surface area contributed by atoms with E-state index >= 15 is 0 Å². The van der Waals surface area contributed by atoms with Gasteiger partial charge in [0.25, 0.3) is 0 Å². The average Bonchev–Trinajstić information content (AvgIpc) is 2.95. The molecule has 0 unspecified atom stereocenters. The van der Waals surface area contributed by atoms with Crippen molar-refractivity contribution in [2.45, 2.75) is 117 Å². The van der Waals surface area contributed by atoms with Crippen LogP contribution < -0.4 is 0 Å². The number of carbonyl (C=O) groups is 9. The van der Waals surface area contributed by atoms with Crippen LogP contribution in [0.5, 0.6) is 0 Å². The molecule has 50 heavy (non-hydrogen) atoms. The van der Waals surface area contributed by atoms with E-state index in [9.17, 15) is 43.2 Å². The van der Waals surface area contributed by atoms with E-state index in [0.717, 1.165) is 62.3 Å². The maximum absolute atomic E-state index is 12.4. The van der Waals surface area contributed by atoms with Crippen molar-refractivity contribution in [1.29, 1.82) is 0 Å². The van der Waals surface area contributed by atoms with Crippen molar-refractivity contribution in [3.05, 3.63) is 0 Å². The van der Waals surface area contributed by atoms with Crippen LogP contribution in [0.2, 0.25) is 0 Å². The SMILES string of the molecule is CC(=O)OC[C@H]1O[C@@H](O[C@H]([C@H](OC(C)=O)[C@@H](COC(C)=O)OC(C)=O)[C@@H](COC(C)=O)OC(C)=O)[C@@H](OC(C)=O)[C@@H](OC(C)=O)[C@H]1OC(C)=O. The molecule has 0 bridgehead atoms. The number of ether oxygens (including phenoxy) is 11. The molecule has 0 aliphatic carbocycles. The van der Waals surface area contributed by atoms with Gasteiger partial charge in [0, 0.05) is 62.3 Å². The number of carbonyl (C=O) groups excluding carboxylic acids is 9. The summed E-state index contributed by atoms with van der Waals surface area (Å²) in [5.41, 5.74) is 0. The largest absolute Gasteiger partial charge is 0.463 e. The average molecular weight is 723 g/mol. The number of hydrogen-bond acceptors (Lipinski definition) is 20. The fourth-order valence-corrected chi connectivity index (χ4v) is 4.59. The third-order valence-corrected chi connectivity index (χ3v) is 6.13. The second-order valence-electron chi connectivity index (χ2n) is 10.6. The van der Waals surface area contributed by atoms with E-state index in [1.807, 2.05) is 0 Å². The second kappa shape index (κ2) is 20.6. The topological polar surface area (TPSA) is 255 Å². The van der Waals surface area contributed by atoms with Crippen molar-refractivity contribution in [3.8, 4) is 0 Å². The van der Waals surface area contributed by atoms with Gasteiger partial charge in [-0.1, -0.05) is 0 Å². The van der Waals surface area contributed by atoms with Gasteiger partial charge >= 0.3 is 53.7 Å². The van der Waals surface area contributed by atoms with Crippen LogP contribution in [0.1, 0.15) is 62.3 Å². The van der Waals surface area contributed by atoms with Gasteiger partial charge in [0.15, 0.2) is 42.9 Å². The summed E-state index contributed by atoms with van der Waals surface area (Å²) in [4.78, 5) is 109. The first-order valence-electron chi connectivity index (χ1n) is 15.0. The molecule has 0 aromatic carbocycles. The van der Waals surface area contributed by atoms with Gasteiger partial charge in [0.1, 0.15) is 32.0 Å². The Morgan fingerprint density at radius 3 is 1.26 bits per heavy atom. The molecule has 0 radical (unpaired) electrons. The lowest BCUT2D eigenvalue weighted by molar-refractivity contribution is -0.331. The Morgan fingerprint density at radius 1 is 0.460 bits per heavy atom. The Morgan fingerprint density at radius 2 is 0.860 bits per heavy atom. The molecule has 1 saturated heterocycles. The third kappa shape index (κ3) is 15.6. The van der Waals surface area contributed by atoms with E-state index in [1.54, 1.807) is 0 Å². The normalized spacial score (nSPS) is 22.1. The molecule has 0 aromatic rings. The Hall–Kier alpha value is -4.85.